The third-order valence-electron chi connectivity index (χ3n) is 3.68. The number of hydrogen-bond acceptors (Lipinski definition) is 3. The third-order valence-corrected chi connectivity index (χ3v) is 5.66. The van der Waals surface area contributed by atoms with E-state index in [1.54, 1.807) is 13.8 Å². The third kappa shape index (κ3) is 4.27. The first-order valence-electron chi connectivity index (χ1n) is 7.31. The Morgan fingerprint density at radius 3 is 2.45 bits per heavy atom. The first-order chi connectivity index (χ1) is 10.3. The van der Waals surface area contributed by atoms with Crippen molar-refractivity contribution in [3.63, 3.8) is 0 Å². The van der Waals surface area contributed by atoms with E-state index in [0.29, 0.717) is 18.4 Å². The lowest BCUT2D eigenvalue weighted by Crippen LogP contribution is -2.45. The highest BCUT2D eigenvalue weighted by Gasteiger charge is 2.31. The van der Waals surface area contributed by atoms with E-state index in [9.17, 15) is 17.6 Å². The van der Waals surface area contributed by atoms with Gasteiger partial charge in [0.1, 0.15) is 5.82 Å². The van der Waals surface area contributed by atoms with Crippen molar-refractivity contribution in [2.45, 2.75) is 44.5 Å². The number of halogens is 1. The van der Waals surface area contributed by atoms with Crippen LogP contribution in [0.25, 0.3) is 0 Å². The molecule has 5 nitrogen and oxygen atoms in total. The molecule has 2 rings (SSSR count). The van der Waals surface area contributed by atoms with Crippen molar-refractivity contribution in [2.24, 2.45) is 0 Å². The molecule has 0 aliphatic carbocycles. The Bertz CT molecular complexity index is 629. The molecule has 1 aliphatic rings. The van der Waals surface area contributed by atoms with Crippen LogP contribution in [0.2, 0.25) is 0 Å². The van der Waals surface area contributed by atoms with Gasteiger partial charge >= 0.3 is 0 Å². The first kappa shape index (κ1) is 16.9. The lowest BCUT2D eigenvalue weighted by atomic mass is 10.2. The molecule has 1 atom stereocenters. The molecule has 0 spiro atoms. The Kier molecular flexibility index (Phi) is 5.18. The van der Waals surface area contributed by atoms with Gasteiger partial charge in [-0.3, -0.25) is 4.79 Å². The normalized spacial score (nSPS) is 19.0. The van der Waals surface area contributed by atoms with Crippen molar-refractivity contribution in [3.05, 3.63) is 35.6 Å². The minimum Gasteiger partial charge on any atom is -0.352 e. The highest BCUT2D eigenvalue weighted by atomic mass is 32.2. The fourth-order valence-electron chi connectivity index (χ4n) is 2.55. The van der Waals surface area contributed by atoms with Crippen LogP contribution in [0, 0.1) is 5.82 Å². The molecule has 1 unspecified atom stereocenters. The van der Waals surface area contributed by atoms with E-state index >= 15 is 0 Å². The molecule has 1 amide bonds. The zero-order valence-corrected chi connectivity index (χ0v) is 13.6. The summed E-state index contributed by atoms with van der Waals surface area (Å²) in [7, 11) is -3.53. The fourth-order valence-corrected chi connectivity index (χ4v) is 4.38. The summed E-state index contributed by atoms with van der Waals surface area (Å²) in [6.45, 7) is 3.88. The van der Waals surface area contributed by atoms with Gasteiger partial charge in [-0.25, -0.2) is 12.8 Å². The molecule has 22 heavy (non-hydrogen) atoms. The molecule has 0 radical (unpaired) electrons. The van der Waals surface area contributed by atoms with Crippen LogP contribution in [0.5, 0.6) is 0 Å². The summed E-state index contributed by atoms with van der Waals surface area (Å²) < 4.78 is 39.6. The highest BCUT2D eigenvalue weighted by molar-refractivity contribution is 7.88. The van der Waals surface area contributed by atoms with Crippen LogP contribution in [0.4, 0.5) is 4.39 Å². The zero-order chi connectivity index (χ0) is 16.3. The minimum absolute atomic E-state index is 0.0374. The molecule has 1 saturated heterocycles. The van der Waals surface area contributed by atoms with Gasteiger partial charge in [0.25, 0.3) is 0 Å². The summed E-state index contributed by atoms with van der Waals surface area (Å²) in [5.41, 5.74) is 0.544. The summed E-state index contributed by atoms with van der Waals surface area (Å²) in [5.74, 6) is -0.605. The molecule has 0 aromatic heterocycles. The van der Waals surface area contributed by atoms with Crippen LogP contribution in [-0.2, 0) is 20.6 Å². The Balaban J connectivity index is 2.11. The van der Waals surface area contributed by atoms with Crippen LogP contribution >= 0.6 is 0 Å². The van der Waals surface area contributed by atoms with E-state index in [1.807, 2.05) is 0 Å². The molecule has 122 valence electrons. The Morgan fingerprint density at radius 2 is 1.95 bits per heavy atom. The van der Waals surface area contributed by atoms with Gasteiger partial charge in [0.2, 0.25) is 15.9 Å². The van der Waals surface area contributed by atoms with E-state index in [2.05, 4.69) is 5.32 Å². The fraction of sp³-hybridized carbons (Fsp3) is 0.533. The number of sulfonamides is 1. The summed E-state index contributed by atoms with van der Waals surface area (Å²) in [6, 6.07) is 5.11. The zero-order valence-electron chi connectivity index (χ0n) is 12.8. The molecule has 1 heterocycles. The van der Waals surface area contributed by atoms with Crippen molar-refractivity contribution < 1.29 is 17.6 Å². The topological polar surface area (TPSA) is 66.5 Å². The Morgan fingerprint density at radius 1 is 1.32 bits per heavy atom. The van der Waals surface area contributed by atoms with E-state index in [-0.39, 0.29) is 30.3 Å². The number of rotatable bonds is 6. The van der Waals surface area contributed by atoms with Crippen LogP contribution in [0.3, 0.4) is 0 Å². The maximum absolute atomic E-state index is 12.9. The second kappa shape index (κ2) is 6.75. The SMILES string of the molecule is CC(C)N(CC1CCC(=O)N1)S(=O)(=O)Cc1ccc(F)cc1. The molecule has 1 N–H and O–H groups in total. The van der Waals surface area contributed by atoms with E-state index in [4.69, 9.17) is 0 Å². The van der Waals surface area contributed by atoms with Gasteiger partial charge in [-0.2, -0.15) is 4.31 Å². The van der Waals surface area contributed by atoms with Crippen molar-refractivity contribution in [1.29, 1.82) is 0 Å². The van der Waals surface area contributed by atoms with E-state index in [0.717, 1.165) is 0 Å². The quantitative estimate of drug-likeness (QED) is 0.863. The van der Waals surface area contributed by atoms with Crippen molar-refractivity contribution in [3.8, 4) is 0 Å². The van der Waals surface area contributed by atoms with Crippen LogP contribution in [0.1, 0.15) is 32.3 Å². The molecule has 1 aliphatic heterocycles. The lowest BCUT2D eigenvalue weighted by Gasteiger charge is -2.28. The van der Waals surface area contributed by atoms with Gasteiger partial charge in [-0.05, 0) is 38.0 Å². The van der Waals surface area contributed by atoms with E-state index < -0.39 is 15.8 Å². The van der Waals surface area contributed by atoms with Crippen molar-refractivity contribution in [2.75, 3.05) is 6.54 Å². The lowest BCUT2D eigenvalue weighted by molar-refractivity contribution is -0.119. The second-order valence-electron chi connectivity index (χ2n) is 5.85. The standard InChI is InChI=1S/C15H21FN2O3S/c1-11(2)18(9-14-7-8-15(19)17-14)22(20,21)10-12-3-5-13(16)6-4-12/h3-6,11,14H,7-10H2,1-2H3,(H,17,19). The predicted octanol–water partition coefficient (Wildman–Crippen LogP) is 1.64. The monoisotopic (exact) mass is 328 g/mol. The van der Waals surface area contributed by atoms with Gasteiger partial charge in [0.05, 0.1) is 5.75 Å². The maximum atomic E-state index is 12.9. The number of hydrogen-bond donors (Lipinski definition) is 1. The molecule has 1 aromatic rings. The number of carbonyl (C=O) groups excluding carboxylic acids is 1. The first-order valence-corrected chi connectivity index (χ1v) is 8.92. The Labute approximate surface area is 130 Å². The summed E-state index contributed by atoms with van der Waals surface area (Å²) in [6.07, 6.45) is 1.09. The molecule has 1 aromatic carbocycles. The number of amides is 1. The number of benzene rings is 1. The minimum atomic E-state index is -3.53. The number of nitrogens with one attached hydrogen (secondary N) is 1. The van der Waals surface area contributed by atoms with Gasteiger partial charge in [-0.1, -0.05) is 12.1 Å². The smallest absolute Gasteiger partial charge is 0.220 e. The van der Waals surface area contributed by atoms with Gasteiger partial charge in [-0.15, -0.1) is 0 Å². The van der Waals surface area contributed by atoms with E-state index in [1.165, 1.54) is 28.6 Å². The maximum Gasteiger partial charge on any atom is 0.220 e. The van der Waals surface area contributed by atoms with Crippen molar-refractivity contribution >= 4 is 15.9 Å². The molecular weight excluding hydrogens is 307 g/mol. The van der Waals surface area contributed by atoms with Crippen molar-refractivity contribution in [1.82, 2.24) is 9.62 Å². The second-order valence-corrected chi connectivity index (χ2v) is 7.77. The van der Waals surface area contributed by atoms with Gasteiger partial charge in [0.15, 0.2) is 0 Å². The number of nitrogens with zero attached hydrogens (tertiary/aromatic N) is 1. The summed E-state index contributed by atoms with van der Waals surface area (Å²) >= 11 is 0. The molecule has 7 heteroatoms. The van der Waals surface area contributed by atoms with Gasteiger partial charge in [0, 0.05) is 25.0 Å². The average Bonchev–Trinajstić information content (AvgIpc) is 2.83. The highest BCUT2D eigenvalue weighted by Crippen LogP contribution is 2.17. The summed E-state index contributed by atoms with van der Waals surface area (Å²) in [4.78, 5) is 11.3. The summed E-state index contributed by atoms with van der Waals surface area (Å²) in [5, 5.41) is 2.79. The average molecular weight is 328 g/mol. The Hall–Kier alpha value is -1.47. The molecule has 0 bridgehead atoms. The molecule has 0 saturated carbocycles. The van der Waals surface area contributed by atoms with Gasteiger partial charge < -0.3 is 5.32 Å². The van der Waals surface area contributed by atoms with Crippen LogP contribution < -0.4 is 5.32 Å². The predicted molar refractivity (Wildman–Crippen MR) is 82.0 cm³/mol. The molecule has 1 fully saturated rings. The molecular formula is C15H21FN2O3S. The largest absolute Gasteiger partial charge is 0.352 e. The van der Waals surface area contributed by atoms with Crippen LogP contribution in [-0.4, -0.2) is 37.3 Å². The number of carbonyl (C=O) groups is 1. The van der Waals surface area contributed by atoms with Crippen LogP contribution in [0.15, 0.2) is 24.3 Å².